The van der Waals surface area contributed by atoms with Crippen molar-refractivity contribution in [2.45, 2.75) is 123 Å². The smallest absolute Gasteiger partial charge is 0.314 e. The first-order valence-corrected chi connectivity index (χ1v) is 12.8. The summed E-state index contributed by atoms with van der Waals surface area (Å²) in [5, 5.41) is 0. The van der Waals surface area contributed by atoms with Crippen molar-refractivity contribution in [1.82, 2.24) is 9.97 Å². The number of carbonyl (C=O) groups is 1. The van der Waals surface area contributed by atoms with Gasteiger partial charge in [0.1, 0.15) is 5.82 Å². The minimum absolute atomic E-state index is 0.0455. The molecule has 1 heterocycles. The quantitative estimate of drug-likeness (QED) is 0.220. The van der Waals surface area contributed by atoms with Crippen molar-refractivity contribution in [2.75, 3.05) is 0 Å². The van der Waals surface area contributed by atoms with Gasteiger partial charge in [-0.15, -0.1) is 0 Å². The molecule has 0 bridgehead atoms. The van der Waals surface area contributed by atoms with E-state index in [0.29, 0.717) is 5.75 Å². The zero-order chi connectivity index (χ0) is 21.4. The van der Waals surface area contributed by atoms with Crippen LogP contribution in [0, 0.1) is 11.8 Å². The van der Waals surface area contributed by atoms with E-state index in [2.05, 4.69) is 23.8 Å². The van der Waals surface area contributed by atoms with Gasteiger partial charge in [0.05, 0.1) is 18.3 Å². The molecule has 0 amide bonds. The molecular formula is C26H44N2O2. The number of ether oxygens (including phenoxy) is 1. The highest BCUT2D eigenvalue weighted by atomic mass is 16.5. The third-order valence-electron chi connectivity index (χ3n) is 6.55. The number of hydrogen-bond donors (Lipinski definition) is 0. The van der Waals surface area contributed by atoms with Crippen molar-refractivity contribution in [3.05, 3.63) is 18.2 Å². The van der Waals surface area contributed by atoms with Crippen LogP contribution in [0.5, 0.6) is 5.75 Å². The molecule has 2 rings (SSSR count). The number of carbonyl (C=O) groups excluding carboxylic acids is 1. The highest BCUT2D eigenvalue weighted by Crippen LogP contribution is 2.33. The summed E-state index contributed by atoms with van der Waals surface area (Å²) in [5.74, 6) is 2.10. The van der Waals surface area contributed by atoms with Gasteiger partial charge >= 0.3 is 5.97 Å². The van der Waals surface area contributed by atoms with Crippen LogP contribution in [-0.2, 0) is 11.2 Å². The topological polar surface area (TPSA) is 52.1 Å². The molecule has 4 heteroatoms. The molecule has 0 aliphatic heterocycles. The standard InChI is InChI=1S/C26H44N2O2/c1-3-5-7-9-11-13-15-25-27-20-24(21-28-25)30-26(29)23-18-16-22(17-19-23)14-12-10-8-6-4-2/h20-23H,3-19H2,1-2H3. The van der Waals surface area contributed by atoms with Crippen LogP contribution in [0.25, 0.3) is 0 Å². The maximum Gasteiger partial charge on any atom is 0.314 e. The third-order valence-corrected chi connectivity index (χ3v) is 6.55. The van der Waals surface area contributed by atoms with Gasteiger partial charge in [0.15, 0.2) is 5.75 Å². The van der Waals surface area contributed by atoms with Gasteiger partial charge in [0.2, 0.25) is 0 Å². The van der Waals surface area contributed by atoms with Crippen LogP contribution < -0.4 is 4.74 Å². The van der Waals surface area contributed by atoms with Crippen LogP contribution in [0.1, 0.15) is 122 Å². The second-order valence-electron chi connectivity index (χ2n) is 9.19. The molecule has 170 valence electrons. The van der Waals surface area contributed by atoms with Crippen LogP contribution in [0.15, 0.2) is 12.4 Å². The van der Waals surface area contributed by atoms with Gasteiger partial charge in [0.25, 0.3) is 0 Å². The Morgan fingerprint density at radius 1 is 0.833 bits per heavy atom. The Morgan fingerprint density at radius 2 is 1.40 bits per heavy atom. The summed E-state index contributed by atoms with van der Waals surface area (Å²) in [6.45, 7) is 4.50. The molecule has 1 saturated carbocycles. The molecule has 1 fully saturated rings. The Morgan fingerprint density at radius 3 is 2.03 bits per heavy atom. The normalized spacial score (nSPS) is 19.0. The number of esters is 1. The van der Waals surface area contributed by atoms with Crippen molar-refractivity contribution >= 4 is 5.97 Å². The van der Waals surface area contributed by atoms with Gasteiger partial charge in [-0.3, -0.25) is 4.79 Å². The Bertz CT molecular complexity index is 565. The summed E-state index contributed by atoms with van der Waals surface area (Å²) in [7, 11) is 0. The molecule has 0 unspecified atom stereocenters. The number of hydrogen-bond acceptors (Lipinski definition) is 4. The summed E-state index contributed by atoms with van der Waals surface area (Å²) in [6.07, 6.45) is 24.2. The van der Waals surface area contributed by atoms with Gasteiger partial charge in [-0.1, -0.05) is 84.5 Å². The number of unbranched alkanes of at least 4 members (excludes halogenated alkanes) is 9. The number of aryl methyl sites for hydroxylation is 1. The fraction of sp³-hybridized carbons (Fsp3) is 0.808. The van der Waals surface area contributed by atoms with Crippen molar-refractivity contribution in [3.63, 3.8) is 0 Å². The molecule has 0 saturated heterocycles. The number of rotatable bonds is 15. The van der Waals surface area contributed by atoms with Gasteiger partial charge in [-0.2, -0.15) is 0 Å². The van der Waals surface area contributed by atoms with Crippen molar-refractivity contribution in [2.24, 2.45) is 11.8 Å². The van der Waals surface area contributed by atoms with E-state index in [9.17, 15) is 4.79 Å². The summed E-state index contributed by atoms with van der Waals surface area (Å²) < 4.78 is 5.58. The average molecular weight is 417 g/mol. The number of nitrogens with zero attached hydrogens (tertiary/aromatic N) is 2. The van der Waals surface area contributed by atoms with Gasteiger partial charge in [-0.25, -0.2) is 9.97 Å². The third kappa shape index (κ3) is 10.0. The van der Waals surface area contributed by atoms with Crippen molar-refractivity contribution in [3.8, 4) is 5.75 Å². The number of aromatic nitrogens is 2. The lowest BCUT2D eigenvalue weighted by molar-refractivity contribution is -0.140. The van der Waals surface area contributed by atoms with E-state index < -0.39 is 0 Å². The van der Waals surface area contributed by atoms with Crippen LogP contribution in [0.3, 0.4) is 0 Å². The van der Waals surface area contributed by atoms with Crippen LogP contribution in [-0.4, -0.2) is 15.9 Å². The van der Waals surface area contributed by atoms with Crippen molar-refractivity contribution in [1.29, 1.82) is 0 Å². The molecule has 0 aromatic carbocycles. The average Bonchev–Trinajstić information content (AvgIpc) is 2.77. The molecule has 0 N–H and O–H groups in total. The van der Waals surface area contributed by atoms with Crippen molar-refractivity contribution < 1.29 is 9.53 Å². The first-order chi connectivity index (χ1) is 14.7. The molecule has 1 aromatic rings. The molecule has 0 spiro atoms. The van der Waals surface area contributed by atoms with Gasteiger partial charge in [-0.05, 0) is 38.0 Å². The molecule has 1 aliphatic carbocycles. The zero-order valence-electron chi connectivity index (χ0n) is 19.5. The minimum atomic E-state index is -0.0938. The second-order valence-corrected chi connectivity index (χ2v) is 9.19. The molecule has 1 aromatic heterocycles. The van der Waals surface area contributed by atoms with E-state index in [-0.39, 0.29) is 11.9 Å². The van der Waals surface area contributed by atoms with Gasteiger partial charge < -0.3 is 4.74 Å². The summed E-state index contributed by atoms with van der Waals surface area (Å²) in [4.78, 5) is 21.3. The summed E-state index contributed by atoms with van der Waals surface area (Å²) >= 11 is 0. The SMILES string of the molecule is CCCCCCCCc1ncc(OC(=O)C2CCC(CCCCCCC)CC2)cn1. The predicted molar refractivity (Wildman–Crippen MR) is 124 cm³/mol. The Labute approximate surface area is 184 Å². The fourth-order valence-electron chi connectivity index (χ4n) is 4.51. The van der Waals surface area contributed by atoms with E-state index in [1.54, 1.807) is 12.4 Å². The molecule has 0 radical (unpaired) electrons. The van der Waals surface area contributed by atoms with E-state index in [1.165, 1.54) is 83.5 Å². The fourth-order valence-corrected chi connectivity index (χ4v) is 4.51. The monoisotopic (exact) mass is 416 g/mol. The van der Waals surface area contributed by atoms with E-state index in [1.807, 2.05) is 0 Å². The summed E-state index contributed by atoms with van der Waals surface area (Å²) in [5.41, 5.74) is 0. The lowest BCUT2D eigenvalue weighted by atomic mass is 9.80. The minimum Gasteiger partial charge on any atom is -0.423 e. The zero-order valence-corrected chi connectivity index (χ0v) is 19.5. The Balaban J connectivity index is 1.60. The largest absolute Gasteiger partial charge is 0.423 e. The molecule has 1 aliphatic rings. The first-order valence-electron chi connectivity index (χ1n) is 12.8. The first kappa shape index (κ1) is 24.8. The maximum absolute atomic E-state index is 12.5. The van der Waals surface area contributed by atoms with Crippen LogP contribution >= 0.6 is 0 Å². The van der Waals surface area contributed by atoms with Gasteiger partial charge in [0, 0.05) is 6.42 Å². The predicted octanol–water partition coefficient (Wildman–Crippen LogP) is 7.45. The van der Waals surface area contributed by atoms with Crippen LogP contribution in [0.4, 0.5) is 0 Å². The summed E-state index contributed by atoms with van der Waals surface area (Å²) in [6, 6.07) is 0. The Hall–Kier alpha value is -1.45. The molecule has 4 nitrogen and oxygen atoms in total. The lowest BCUT2D eigenvalue weighted by Gasteiger charge is -2.27. The molecular weight excluding hydrogens is 372 g/mol. The van der Waals surface area contributed by atoms with Crippen LogP contribution in [0.2, 0.25) is 0 Å². The van der Waals surface area contributed by atoms with E-state index in [4.69, 9.17) is 4.74 Å². The highest BCUT2D eigenvalue weighted by Gasteiger charge is 2.27. The maximum atomic E-state index is 12.5. The van der Waals surface area contributed by atoms with E-state index in [0.717, 1.165) is 37.4 Å². The molecule has 0 atom stereocenters. The highest BCUT2D eigenvalue weighted by molar-refractivity contribution is 5.75. The van der Waals surface area contributed by atoms with E-state index >= 15 is 0 Å². The second kappa shape index (κ2) is 15.4. The Kier molecular flexibility index (Phi) is 12.7. The lowest BCUT2D eigenvalue weighted by Crippen LogP contribution is -2.25. The molecule has 30 heavy (non-hydrogen) atoms.